The van der Waals surface area contributed by atoms with Crippen LogP contribution in [0.15, 0.2) is 54.6 Å². The number of rotatable bonds is 6. The van der Waals surface area contributed by atoms with Gasteiger partial charge in [-0.05, 0) is 36.4 Å². The molecule has 0 saturated carbocycles. The van der Waals surface area contributed by atoms with Gasteiger partial charge in [0.1, 0.15) is 23.4 Å². The molecule has 132 valence electrons. The average molecular weight is 343 g/mol. The molecule has 2 aromatic carbocycles. The minimum absolute atomic E-state index is 0.0649. The molecule has 1 aliphatic rings. The number of carbonyl (C=O) groups excluding carboxylic acids is 1. The van der Waals surface area contributed by atoms with Crippen molar-refractivity contribution in [3.8, 4) is 11.5 Å². The zero-order chi connectivity index (χ0) is 17.5. The number of hydrogen-bond donors (Lipinski definition) is 0. The highest BCUT2D eigenvalue weighted by molar-refractivity contribution is 5.76. The normalized spacial score (nSPS) is 15.0. The van der Waals surface area contributed by atoms with Gasteiger partial charge in [-0.15, -0.1) is 0 Å². The number of hydrogen-bond acceptors (Lipinski definition) is 3. The standard InChI is InChI=1S/C20H22FNO3/c21-16-6-8-18(9-7-16)25-19-10-13-22(14-11-19)20(23)12-15-24-17-4-2-1-3-5-17/h1-9,19H,10-15H2. The van der Waals surface area contributed by atoms with Crippen LogP contribution < -0.4 is 9.47 Å². The minimum atomic E-state index is -0.273. The number of amides is 1. The summed E-state index contributed by atoms with van der Waals surface area (Å²) >= 11 is 0. The van der Waals surface area contributed by atoms with Crippen molar-refractivity contribution in [3.05, 3.63) is 60.4 Å². The smallest absolute Gasteiger partial charge is 0.226 e. The molecule has 5 heteroatoms. The second-order valence-electron chi connectivity index (χ2n) is 6.06. The number of piperidine rings is 1. The van der Waals surface area contributed by atoms with Gasteiger partial charge in [0.15, 0.2) is 0 Å². The fraction of sp³-hybridized carbons (Fsp3) is 0.350. The molecular weight excluding hydrogens is 321 g/mol. The number of benzene rings is 2. The van der Waals surface area contributed by atoms with Gasteiger partial charge in [0.2, 0.25) is 5.91 Å². The number of ether oxygens (including phenoxy) is 2. The maximum atomic E-state index is 12.9. The summed E-state index contributed by atoms with van der Waals surface area (Å²) in [6.07, 6.45) is 2.00. The van der Waals surface area contributed by atoms with Crippen LogP contribution in [0.5, 0.6) is 11.5 Å². The molecule has 0 aromatic heterocycles. The highest BCUT2D eigenvalue weighted by Gasteiger charge is 2.23. The third-order valence-electron chi connectivity index (χ3n) is 4.24. The Hall–Kier alpha value is -2.56. The molecule has 3 rings (SSSR count). The largest absolute Gasteiger partial charge is 0.493 e. The lowest BCUT2D eigenvalue weighted by molar-refractivity contribution is -0.133. The summed E-state index contributed by atoms with van der Waals surface area (Å²) < 4.78 is 24.3. The quantitative estimate of drug-likeness (QED) is 0.803. The Kier molecular flexibility index (Phi) is 5.88. The molecule has 0 atom stereocenters. The van der Waals surface area contributed by atoms with E-state index in [1.54, 1.807) is 12.1 Å². The summed E-state index contributed by atoms with van der Waals surface area (Å²) in [5.74, 6) is 1.28. The first kappa shape index (κ1) is 17.3. The van der Waals surface area contributed by atoms with Crippen molar-refractivity contribution in [2.24, 2.45) is 0 Å². The van der Waals surface area contributed by atoms with Gasteiger partial charge in [0.25, 0.3) is 0 Å². The lowest BCUT2D eigenvalue weighted by atomic mass is 10.1. The number of carbonyl (C=O) groups is 1. The van der Waals surface area contributed by atoms with Crippen LogP contribution in [0, 0.1) is 5.82 Å². The number of para-hydroxylation sites is 1. The molecule has 2 aromatic rings. The lowest BCUT2D eigenvalue weighted by Gasteiger charge is -2.32. The zero-order valence-corrected chi connectivity index (χ0v) is 14.1. The Morgan fingerprint density at radius 2 is 1.68 bits per heavy atom. The van der Waals surface area contributed by atoms with Crippen molar-refractivity contribution < 1.29 is 18.7 Å². The maximum Gasteiger partial charge on any atom is 0.226 e. The van der Waals surface area contributed by atoms with Crippen molar-refractivity contribution >= 4 is 5.91 Å². The first-order valence-electron chi connectivity index (χ1n) is 8.58. The van der Waals surface area contributed by atoms with Gasteiger partial charge in [-0.25, -0.2) is 4.39 Å². The first-order chi connectivity index (χ1) is 12.2. The van der Waals surface area contributed by atoms with Crippen LogP contribution in [-0.4, -0.2) is 36.6 Å². The molecule has 0 unspecified atom stereocenters. The van der Waals surface area contributed by atoms with Gasteiger partial charge in [0, 0.05) is 25.9 Å². The van der Waals surface area contributed by atoms with E-state index < -0.39 is 0 Å². The minimum Gasteiger partial charge on any atom is -0.493 e. The highest BCUT2D eigenvalue weighted by atomic mass is 19.1. The predicted molar refractivity (Wildman–Crippen MR) is 93.2 cm³/mol. The molecule has 0 radical (unpaired) electrons. The van der Waals surface area contributed by atoms with Gasteiger partial charge >= 0.3 is 0 Å². The summed E-state index contributed by atoms with van der Waals surface area (Å²) in [4.78, 5) is 14.1. The fourth-order valence-corrected chi connectivity index (χ4v) is 2.86. The molecular formula is C20H22FNO3. The molecule has 0 spiro atoms. The Morgan fingerprint density at radius 3 is 2.36 bits per heavy atom. The molecule has 0 aliphatic carbocycles. The summed E-state index contributed by atoms with van der Waals surface area (Å²) in [6, 6.07) is 15.5. The van der Waals surface area contributed by atoms with Crippen LogP contribution in [-0.2, 0) is 4.79 Å². The van der Waals surface area contributed by atoms with E-state index in [0.29, 0.717) is 31.9 Å². The third-order valence-corrected chi connectivity index (χ3v) is 4.24. The van der Waals surface area contributed by atoms with E-state index in [-0.39, 0.29) is 17.8 Å². The Bertz CT molecular complexity index is 667. The van der Waals surface area contributed by atoms with Crippen molar-refractivity contribution in [3.63, 3.8) is 0 Å². The fourth-order valence-electron chi connectivity index (χ4n) is 2.86. The van der Waals surface area contributed by atoms with Gasteiger partial charge in [-0.2, -0.15) is 0 Å². The van der Waals surface area contributed by atoms with Crippen molar-refractivity contribution in [1.29, 1.82) is 0 Å². The van der Waals surface area contributed by atoms with E-state index >= 15 is 0 Å². The van der Waals surface area contributed by atoms with Crippen LogP contribution in [0.4, 0.5) is 4.39 Å². The van der Waals surface area contributed by atoms with Crippen LogP contribution in [0.25, 0.3) is 0 Å². The van der Waals surface area contributed by atoms with Gasteiger partial charge in [0.05, 0.1) is 13.0 Å². The van der Waals surface area contributed by atoms with E-state index in [0.717, 1.165) is 18.6 Å². The van der Waals surface area contributed by atoms with E-state index in [9.17, 15) is 9.18 Å². The Labute approximate surface area is 147 Å². The highest BCUT2D eigenvalue weighted by Crippen LogP contribution is 2.20. The molecule has 4 nitrogen and oxygen atoms in total. The molecule has 0 bridgehead atoms. The van der Waals surface area contributed by atoms with Crippen molar-refractivity contribution in [2.45, 2.75) is 25.4 Å². The second kappa shape index (κ2) is 8.51. The van der Waals surface area contributed by atoms with Crippen LogP contribution in [0.1, 0.15) is 19.3 Å². The predicted octanol–water partition coefficient (Wildman–Crippen LogP) is 3.66. The molecule has 1 saturated heterocycles. The molecule has 25 heavy (non-hydrogen) atoms. The van der Waals surface area contributed by atoms with E-state index in [1.165, 1.54) is 12.1 Å². The summed E-state index contributed by atoms with van der Waals surface area (Å²) in [6.45, 7) is 1.74. The lowest BCUT2D eigenvalue weighted by Crippen LogP contribution is -2.42. The third kappa shape index (κ3) is 5.21. The van der Waals surface area contributed by atoms with E-state index in [1.807, 2.05) is 35.2 Å². The van der Waals surface area contributed by atoms with Crippen molar-refractivity contribution in [1.82, 2.24) is 4.90 Å². The topological polar surface area (TPSA) is 38.8 Å². The van der Waals surface area contributed by atoms with E-state index in [2.05, 4.69) is 0 Å². The van der Waals surface area contributed by atoms with Crippen LogP contribution >= 0.6 is 0 Å². The monoisotopic (exact) mass is 343 g/mol. The molecule has 1 fully saturated rings. The molecule has 1 amide bonds. The molecule has 0 N–H and O–H groups in total. The summed E-state index contributed by atoms with van der Waals surface area (Å²) in [5, 5.41) is 0. The maximum absolute atomic E-state index is 12.9. The van der Waals surface area contributed by atoms with Crippen LogP contribution in [0.3, 0.4) is 0 Å². The number of nitrogens with zero attached hydrogens (tertiary/aromatic N) is 1. The second-order valence-corrected chi connectivity index (χ2v) is 6.06. The molecule has 1 heterocycles. The first-order valence-corrected chi connectivity index (χ1v) is 8.58. The SMILES string of the molecule is O=C(CCOc1ccccc1)N1CCC(Oc2ccc(F)cc2)CC1. The summed E-state index contributed by atoms with van der Waals surface area (Å²) in [5.41, 5.74) is 0. The van der Waals surface area contributed by atoms with Gasteiger partial charge in [-0.3, -0.25) is 4.79 Å². The zero-order valence-electron chi connectivity index (χ0n) is 14.1. The van der Waals surface area contributed by atoms with E-state index in [4.69, 9.17) is 9.47 Å². The van der Waals surface area contributed by atoms with Crippen LogP contribution in [0.2, 0.25) is 0 Å². The number of halogens is 1. The molecule has 1 aliphatic heterocycles. The van der Waals surface area contributed by atoms with Gasteiger partial charge < -0.3 is 14.4 Å². The van der Waals surface area contributed by atoms with Gasteiger partial charge in [-0.1, -0.05) is 18.2 Å². The Balaban J connectivity index is 1.38. The number of likely N-dealkylation sites (tertiary alicyclic amines) is 1. The Morgan fingerprint density at radius 1 is 1.00 bits per heavy atom. The summed E-state index contributed by atoms with van der Waals surface area (Å²) in [7, 11) is 0. The average Bonchev–Trinajstić information content (AvgIpc) is 2.65. The van der Waals surface area contributed by atoms with Crippen molar-refractivity contribution in [2.75, 3.05) is 19.7 Å².